The topological polar surface area (TPSA) is 327 Å². The normalized spacial score (nSPS) is 24.6. The van der Waals surface area contributed by atoms with Gasteiger partial charge in [0.25, 0.3) is 0 Å². The summed E-state index contributed by atoms with van der Waals surface area (Å²) in [4.78, 5) is 0. The van der Waals surface area contributed by atoms with Crippen LogP contribution in [-0.2, 0) is 77.6 Å². The third-order valence-corrected chi connectivity index (χ3v) is 5.15. The fourth-order valence-electron chi connectivity index (χ4n) is 2.11. The summed E-state index contributed by atoms with van der Waals surface area (Å²) in [5, 5.41) is 0. The minimum atomic E-state index is -5.78. The van der Waals surface area contributed by atoms with Crippen molar-refractivity contribution in [3.05, 3.63) is 0 Å². The van der Waals surface area contributed by atoms with Crippen LogP contribution >= 0.6 is 0 Å². The Bertz CT molecular complexity index is 1210. The van der Waals surface area contributed by atoms with Gasteiger partial charge in [0, 0.05) is 257 Å². The molecule has 21 nitrogen and oxygen atoms in total. The number of hydrogen-bond acceptors (Lipinski definition) is 16. The molecule has 5 radical (unpaired) electrons. The summed E-state index contributed by atoms with van der Waals surface area (Å²) in [5.74, 6) is 0. The van der Waals surface area contributed by atoms with Crippen molar-refractivity contribution < 1.29 is 90.5 Å². The number of hydrogen-bond donors (Lipinski definition) is 5. The minimum Gasteiger partial charge on any atom is -0.340 e. The van der Waals surface area contributed by atoms with E-state index in [1.54, 1.807) is 0 Å². The van der Waals surface area contributed by atoms with Crippen molar-refractivity contribution in [3.63, 3.8) is 0 Å². The van der Waals surface area contributed by atoms with Gasteiger partial charge in [0.2, 0.25) is 6.29 Å². The van der Waals surface area contributed by atoms with E-state index in [1.807, 2.05) is 0 Å². The van der Waals surface area contributed by atoms with Crippen LogP contribution in [0.1, 0.15) is 0 Å². The predicted molar refractivity (Wildman–Crippen MR) is 117 cm³/mol. The predicted octanol–water partition coefficient (Wildman–Crippen LogP) is -5.99. The molecule has 197 valence electrons. The molecule has 0 saturated carbocycles. The van der Waals surface area contributed by atoms with Gasteiger partial charge in [-0.05, 0) is 0 Å². The van der Waals surface area contributed by atoms with E-state index in [4.69, 9.17) is 22.8 Å². The summed E-state index contributed by atoms with van der Waals surface area (Å²) in [6.07, 6.45) is -14.2. The first kappa shape index (κ1) is 54.0. The first-order chi connectivity index (χ1) is 14.0. The molecular weight excluding hydrogens is 764 g/mol. The van der Waals surface area contributed by atoms with Gasteiger partial charge in [0.15, 0.2) is 6.10 Å². The van der Waals surface area contributed by atoms with Crippen LogP contribution in [0.15, 0.2) is 0 Å². The van der Waals surface area contributed by atoms with E-state index in [-0.39, 0.29) is 257 Å². The van der Waals surface area contributed by atoms with Crippen molar-refractivity contribution in [2.75, 3.05) is 6.61 Å². The molecule has 0 bridgehead atoms. The van der Waals surface area contributed by atoms with Gasteiger partial charge in [0.1, 0.15) is 18.3 Å². The average Bonchev–Trinajstić information content (AvgIpc) is 2.45. The summed E-state index contributed by atoms with van der Waals surface area (Å²) < 4.78 is 178. The van der Waals surface area contributed by atoms with Gasteiger partial charge in [-0.25, -0.2) is 20.9 Å². The fourth-order valence-corrected chi connectivity index (χ4v) is 4.31. The van der Waals surface area contributed by atoms with E-state index in [1.165, 1.54) is 0 Å². The van der Waals surface area contributed by atoms with Crippen LogP contribution in [0.5, 0.6) is 0 Å². The second kappa shape index (κ2) is 22.2. The molecule has 1 heterocycles. The van der Waals surface area contributed by atoms with Gasteiger partial charge in [-0.3, -0.25) is 22.8 Å². The van der Waals surface area contributed by atoms with Crippen LogP contribution in [0.4, 0.5) is 0 Å². The molecule has 5 N–H and O–H groups in total. The van der Waals surface area contributed by atoms with Crippen molar-refractivity contribution in [3.8, 4) is 0 Å². The molecule has 31 heteroatoms. The van der Waals surface area contributed by atoms with Gasteiger partial charge in [-0.2, -0.15) is 42.1 Å². The van der Waals surface area contributed by atoms with E-state index >= 15 is 0 Å². The van der Waals surface area contributed by atoms with Crippen molar-refractivity contribution >= 4 is 309 Å². The maximum atomic E-state index is 11.1. The standard InChI is InChI=1S/C6H12O21S5.5K/c7-28(8,9)22-1-2-3(24-29(10,11)12)4(25-30(13,14)15)5(26-31(16,17)18)6(23-2)27-32(19,20)21;;;;;/h2-6H,1H2,(H,7,8,9)(H,10,11,12)(H,13,14,15)(H,16,17,18)(H,19,20,21);;;;;/t2-,3-,4+,5-,6?;;;;;/m1...../s1. The zero-order chi connectivity index (χ0) is 25.3. The molecule has 0 amide bonds. The molecule has 0 aromatic heterocycles. The molecule has 1 aliphatic heterocycles. The van der Waals surface area contributed by atoms with Crippen LogP contribution in [0.2, 0.25) is 0 Å². The molecule has 0 spiro atoms. The molecule has 1 saturated heterocycles. The molecule has 0 aromatic carbocycles. The van der Waals surface area contributed by atoms with Crippen LogP contribution < -0.4 is 0 Å². The van der Waals surface area contributed by atoms with Gasteiger partial charge in [-0.15, -0.1) is 0 Å². The van der Waals surface area contributed by atoms with Gasteiger partial charge >= 0.3 is 52.0 Å². The third kappa shape index (κ3) is 26.2. The minimum absolute atomic E-state index is 0. The monoisotopic (exact) mass is 775 g/mol. The largest absolute Gasteiger partial charge is 0.399 e. The van der Waals surface area contributed by atoms with Crippen molar-refractivity contribution in [2.45, 2.75) is 30.7 Å². The molecule has 1 unspecified atom stereocenters. The fraction of sp³-hybridized carbons (Fsp3) is 1.00. The third-order valence-electron chi connectivity index (χ3n) is 2.89. The molecule has 1 fully saturated rings. The Labute approximate surface area is 424 Å². The van der Waals surface area contributed by atoms with Gasteiger partial charge < -0.3 is 4.74 Å². The summed E-state index contributed by atoms with van der Waals surface area (Å²) in [5.41, 5.74) is 0. The molecule has 0 aromatic rings. The van der Waals surface area contributed by atoms with E-state index in [0.29, 0.717) is 0 Å². The first-order valence-corrected chi connectivity index (χ1v) is 13.7. The zero-order valence-electron chi connectivity index (χ0n) is 19.4. The van der Waals surface area contributed by atoms with Crippen LogP contribution in [0.3, 0.4) is 0 Å². The van der Waals surface area contributed by atoms with E-state index in [9.17, 15) is 42.1 Å². The molecular formula is C6H12K5O21S5. The molecule has 37 heavy (non-hydrogen) atoms. The second-order valence-corrected chi connectivity index (χ2v) is 10.5. The molecule has 5 atom stereocenters. The summed E-state index contributed by atoms with van der Waals surface area (Å²) in [6.45, 7) is -1.62. The Morgan fingerprint density at radius 1 is 0.486 bits per heavy atom. The summed E-state index contributed by atoms with van der Waals surface area (Å²) in [7, 11) is -28.3. The number of ether oxygens (including phenoxy) is 1. The average molecular weight is 776 g/mol. The summed E-state index contributed by atoms with van der Waals surface area (Å²) in [6, 6.07) is 0. The van der Waals surface area contributed by atoms with E-state index in [0.717, 1.165) is 0 Å². The smallest absolute Gasteiger partial charge is 0.340 e. The molecule has 0 aliphatic carbocycles. The molecule has 1 aliphatic rings. The first-order valence-electron chi connectivity index (χ1n) is 6.86. The SMILES string of the molecule is O=S(=O)(O)OC[C@H]1OC(OS(=O)(=O)O)[C@H](OS(=O)(=O)O)[C@@H](OS(=O)(=O)O)[C@@H]1OS(=O)(=O)O.[K].[K].[K].[K].[K]. The Balaban J connectivity index is -0.000000683. The van der Waals surface area contributed by atoms with Crippen LogP contribution in [0.25, 0.3) is 0 Å². The van der Waals surface area contributed by atoms with E-state index in [2.05, 4.69) is 25.7 Å². The van der Waals surface area contributed by atoms with Crippen LogP contribution in [0, 0.1) is 0 Å². The second-order valence-electron chi connectivity index (χ2n) is 5.24. The maximum absolute atomic E-state index is 11.1. The van der Waals surface area contributed by atoms with Gasteiger partial charge in [0.05, 0.1) is 6.61 Å². The number of rotatable bonds is 11. The van der Waals surface area contributed by atoms with Crippen molar-refractivity contribution in [1.82, 2.24) is 0 Å². The molecule has 1 rings (SSSR count). The van der Waals surface area contributed by atoms with Gasteiger partial charge in [-0.1, -0.05) is 0 Å². The zero-order valence-corrected chi connectivity index (χ0v) is 39.1. The quantitative estimate of drug-likeness (QED) is 0.0963. The Morgan fingerprint density at radius 2 is 0.811 bits per heavy atom. The van der Waals surface area contributed by atoms with Crippen LogP contribution in [-0.4, -0.2) is 359 Å². The van der Waals surface area contributed by atoms with Crippen molar-refractivity contribution in [1.29, 1.82) is 0 Å². The Kier molecular flexibility index (Phi) is 32.4. The maximum Gasteiger partial charge on any atom is 0.399 e. The Hall–Kier alpha value is 7.49. The Morgan fingerprint density at radius 3 is 1.14 bits per heavy atom. The summed E-state index contributed by atoms with van der Waals surface area (Å²) >= 11 is 0. The van der Waals surface area contributed by atoms with E-state index < -0.39 is 89.3 Å². The van der Waals surface area contributed by atoms with Crippen molar-refractivity contribution in [2.24, 2.45) is 0 Å².